The molecular weight excluding hydrogens is 534 g/mol. The van der Waals surface area contributed by atoms with Crippen molar-refractivity contribution in [1.82, 2.24) is 19.7 Å². The van der Waals surface area contributed by atoms with E-state index in [9.17, 15) is 13.2 Å². The molecule has 0 aliphatic rings. The van der Waals surface area contributed by atoms with E-state index >= 15 is 0 Å². The molecule has 0 spiro atoms. The van der Waals surface area contributed by atoms with Crippen molar-refractivity contribution in [3.63, 3.8) is 0 Å². The van der Waals surface area contributed by atoms with Gasteiger partial charge in [0, 0.05) is 29.7 Å². The normalized spacial score (nSPS) is 11.8. The number of urea groups is 1. The highest BCUT2D eigenvalue weighted by atomic mass is 32.2. The molecule has 3 aromatic heterocycles. The maximum Gasteiger partial charge on any atom is 0.323 e. The summed E-state index contributed by atoms with van der Waals surface area (Å²) < 4.78 is 38.1. The van der Waals surface area contributed by atoms with E-state index in [2.05, 4.69) is 25.3 Å². The Morgan fingerprint density at radius 3 is 2.48 bits per heavy atom. The lowest BCUT2D eigenvalue weighted by Gasteiger charge is -2.18. The van der Waals surface area contributed by atoms with Crippen molar-refractivity contribution in [2.45, 2.75) is 26.3 Å². The molecule has 2 aromatic carbocycles. The van der Waals surface area contributed by atoms with E-state index in [0.717, 1.165) is 11.8 Å². The fourth-order valence-corrected chi connectivity index (χ4v) is 4.27. The smallest absolute Gasteiger partial charge is 0.323 e. The number of amides is 2. The van der Waals surface area contributed by atoms with Crippen LogP contribution in [0.5, 0.6) is 11.5 Å². The quantitative estimate of drug-likeness (QED) is 0.230. The number of pyridine rings is 1. The van der Waals surface area contributed by atoms with Crippen LogP contribution in [0.15, 0.2) is 77.8 Å². The Balaban J connectivity index is 1.29. The minimum absolute atomic E-state index is 0.144. The number of nitrogens with one attached hydrogen (secondary N) is 3. The van der Waals surface area contributed by atoms with Gasteiger partial charge >= 0.3 is 6.03 Å². The SMILES string of the molecule is CC(C)(C)n1cc(NC(=O)Nc2ccc(Oc3ccnc(NS(C)(=O)=O)c3)cc2)c(-c2ccc3ocnc3c2)n1. The van der Waals surface area contributed by atoms with Crippen LogP contribution in [0.1, 0.15) is 20.8 Å². The van der Waals surface area contributed by atoms with Crippen LogP contribution in [-0.2, 0) is 15.6 Å². The maximum absolute atomic E-state index is 12.9. The van der Waals surface area contributed by atoms with Gasteiger partial charge in [-0.3, -0.25) is 9.40 Å². The minimum atomic E-state index is -3.46. The van der Waals surface area contributed by atoms with Crippen molar-refractivity contribution in [2.75, 3.05) is 21.6 Å². The summed E-state index contributed by atoms with van der Waals surface area (Å²) in [6.07, 6.45) is 5.65. The highest BCUT2D eigenvalue weighted by molar-refractivity contribution is 7.92. The molecule has 13 heteroatoms. The molecule has 0 radical (unpaired) electrons. The molecule has 0 aliphatic heterocycles. The second-order valence-corrected chi connectivity index (χ2v) is 11.7. The Kier molecular flexibility index (Phi) is 6.90. The Hall–Kier alpha value is -4.91. The van der Waals surface area contributed by atoms with Crippen LogP contribution in [-0.4, -0.2) is 40.5 Å². The van der Waals surface area contributed by atoms with Crippen molar-refractivity contribution in [3.8, 4) is 22.8 Å². The third-order valence-corrected chi connectivity index (χ3v) is 6.20. The number of ether oxygens (including phenoxy) is 1. The van der Waals surface area contributed by atoms with E-state index < -0.39 is 16.1 Å². The largest absolute Gasteiger partial charge is 0.457 e. The van der Waals surface area contributed by atoms with Gasteiger partial charge in [0.1, 0.15) is 28.5 Å². The van der Waals surface area contributed by atoms with Crippen molar-refractivity contribution in [3.05, 3.63) is 73.4 Å². The Morgan fingerprint density at radius 2 is 1.75 bits per heavy atom. The first-order valence-corrected chi connectivity index (χ1v) is 14.1. The van der Waals surface area contributed by atoms with E-state index in [-0.39, 0.29) is 11.4 Å². The average Bonchev–Trinajstić information content (AvgIpc) is 3.51. The Bertz CT molecular complexity index is 1790. The minimum Gasteiger partial charge on any atom is -0.457 e. The first-order chi connectivity index (χ1) is 18.9. The molecule has 0 aliphatic carbocycles. The van der Waals surface area contributed by atoms with Gasteiger partial charge in [-0.15, -0.1) is 0 Å². The fraction of sp³-hybridized carbons (Fsp3) is 0.185. The topological polar surface area (TPSA) is 153 Å². The van der Waals surface area contributed by atoms with Gasteiger partial charge in [0.05, 0.1) is 17.5 Å². The molecule has 0 bridgehead atoms. The molecular formula is C27H27N7O5S. The predicted octanol–water partition coefficient (Wildman–Crippen LogP) is 5.65. The van der Waals surface area contributed by atoms with Gasteiger partial charge in [-0.2, -0.15) is 5.10 Å². The van der Waals surface area contributed by atoms with E-state index in [1.807, 2.05) is 39.0 Å². The van der Waals surface area contributed by atoms with Gasteiger partial charge < -0.3 is 19.8 Å². The lowest BCUT2D eigenvalue weighted by Crippen LogP contribution is -2.22. The van der Waals surface area contributed by atoms with Gasteiger partial charge in [-0.1, -0.05) is 0 Å². The van der Waals surface area contributed by atoms with Gasteiger partial charge in [0.2, 0.25) is 10.0 Å². The zero-order valence-electron chi connectivity index (χ0n) is 22.2. The first kappa shape index (κ1) is 26.7. The molecule has 0 unspecified atom stereocenters. The number of nitrogens with zero attached hydrogens (tertiary/aromatic N) is 4. The monoisotopic (exact) mass is 561 g/mol. The van der Waals surface area contributed by atoms with Crippen LogP contribution in [0.25, 0.3) is 22.4 Å². The van der Waals surface area contributed by atoms with Crippen LogP contribution < -0.4 is 20.1 Å². The second kappa shape index (κ2) is 10.3. The zero-order valence-corrected chi connectivity index (χ0v) is 23.0. The molecule has 0 saturated carbocycles. The maximum atomic E-state index is 12.9. The number of hydrogen-bond acceptors (Lipinski definition) is 8. The van der Waals surface area contributed by atoms with E-state index in [1.165, 1.54) is 18.7 Å². The summed E-state index contributed by atoms with van der Waals surface area (Å²) in [6, 6.07) is 14.9. The van der Waals surface area contributed by atoms with Crippen LogP contribution in [0.4, 0.5) is 22.0 Å². The lowest BCUT2D eigenvalue weighted by atomic mass is 10.1. The van der Waals surface area contributed by atoms with Crippen molar-refractivity contribution in [2.24, 2.45) is 0 Å². The number of carbonyl (C=O) groups excluding carboxylic acids is 1. The Labute approximate surface area is 230 Å². The summed E-state index contributed by atoms with van der Waals surface area (Å²) in [4.78, 5) is 21.1. The fourth-order valence-electron chi connectivity index (χ4n) is 3.77. The molecule has 0 fully saturated rings. The van der Waals surface area contributed by atoms with Gasteiger partial charge in [0.15, 0.2) is 12.0 Å². The predicted molar refractivity (Wildman–Crippen MR) is 152 cm³/mol. The van der Waals surface area contributed by atoms with E-state index in [0.29, 0.717) is 39.7 Å². The van der Waals surface area contributed by atoms with E-state index in [1.54, 1.807) is 41.2 Å². The summed E-state index contributed by atoms with van der Waals surface area (Å²) in [5, 5.41) is 10.4. The van der Waals surface area contributed by atoms with Crippen LogP contribution in [0, 0.1) is 0 Å². The van der Waals surface area contributed by atoms with Gasteiger partial charge in [-0.05, 0) is 69.3 Å². The van der Waals surface area contributed by atoms with Crippen LogP contribution in [0.3, 0.4) is 0 Å². The molecule has 206 valence electrons. The molecule has 40 heavy (non-hydrogen) atoms. The highest BCUT2D eigenvalue weighted by Crippen LogP contribution is 2.31. The van der Waals surface area contributed by atoms with Crippen molar-refractivity contribution < 1.29 is 22.4 Å². The van der Waals surface area contributed by atoms with Gasteiger partial charge in [0.25, 0.3) is 0 Å². The molecule has 3 N–H and O–H groups in total. The zero-order chi connectivity index (χ0) is 28.5. The van der Waals surface area contributed by atoms with Crippen molar-refractivity contribution in [1.29, 1.82) is 0 Å². The number of aromatic nitrogens is 4. The third-order valence-electron chi connectivity index (χ3n) is 5.62. The number of anilines is 3. The molecule has 5 aromatic rings. The summed E-state index contributed by atoms with van der Waals surface area (Å²) in [5.74, 6) is 1.02. The number of oxazole rings is 1. The average molecular weight is 562 g/mol. The standard InChI is InChI=1S/C27H27N7O5S/c1-27(2,3)34-15-22(25(32-34)17-5-10-23-21(13-17)29-16-38-23)31-26(35)30-18-6-8-19(9-7-18)39-20-11-12-28-24(14-20)33-40(4,36)37/h5-16H,1-4H3,(H,28,33)(H2,30,31,35). The Morgan fingerprint density at radius 1 is 0.975 bits per heavy atom. The summed E-state index contributed by atoms with van der Waals surface area (Å²) in [7, 11) is -3.46. The van der Waals surface area contributed by atoms with Crippen LogP contribution >= 0.6 is 0 Å². The van der Waals surface area contributed by atoms with E-state index in [4.69, 9.17) is 14.3 Å². The molecule has 5 rings (SSSR count). The number of fused-ring (bicyclic) bond motifs is 1. The summed E-state index contributed by atoms with van der Waals surface area (Å²) >= 11 is 0. The molecule has 2 amide bonds. The first-order valence-electron chi connectivity index (χ1n) is 12.2. The molecule has 12 nitrogen and oxygen atoms in total. The molecule has 3 heterocycles. The molecule has 0 saturated heterocycles. The summed E-state index contributed by atoms with van der Waals surface area (Å²) in [5.41, 5.74) is 3.49. The molecule has 0 atom stereocenters. The highest BCUT2D eigenvalue weighted by Gasteiger charge is 2.21. The van der Waals surface area contributed by atoms with Gasteiger partial charge in [-0.25, -0.2) is 23.2 Å². The summed E-state index contributed by atoms with van der Waals surface area (Å²) in [6.45, 7) is 6.06. The lowest BCUT2D eigenvalue weighted by molar-refractivity contribution is 0.262. The van der Waals surface area contributed by atoms with Crippen LogP contribution in [0.2, 0.25) is 0 Å². The number of carbonyl (C=O) groups is 1. The number of sulfonamides is 1. The number of rotatable bonds is 7. The number of hydrogen-bond donors (Lipinski definition) is 3. The van der Waals surface area contributed by atoms with Crippen molar-refractivity contribution >= 4 is 44.3 Å². The third kappa shape index (κ3) is 6.38. The number of benzene rings is 2. The second-order valence-electron chi connectivity index (χ2n) is 10.00.